The molecule has 0 radical (unpaired) electrons. The average molecular weight is 170 g/mol. The van der Waals surface area contributed by atoms with E-state index in [0.29, 0.717) is 0 Å². The average Bonchev–Trinajstić information content (AvgIpc) is 2.06. The highest BCUT2D eigenvalue weighted by molar-refractivity contribution is 5.97. The molecule has 72 valence electrons. The fourth-order valence-electron chi connectivity index (χ4n) is 1.64. The molecular weight excluding hydrogens is 147 g/mol. The second kappa shape index (κ2) is 9.12. The van der Waals surface area contributed by atoms with E-state index in [9.17, 15) is 0 Å². The van der Waals surface area contributed by atoms with Crippen molar-refractivity contribution in [3.05, 3.63) is 0 Å². The minimum absolute atomic E-state index is 0.812. The van der Waals surface area contributed by atoms with Gasteiger partial charge in [0.25, 0.3) is 8.05 Å². The molecule has 0 amide bonds. The summed E-state index contributed by atoms with van der Waals surface area (Å²) in [5.41, 5.74) is 0. The fourth-order valence-corrected chi connectivity index (χ4v) is 1.64. The first-order valence-electron chi connectivity index (χ1n) is 5.34. The van der Waals surface area contributed by atoms with Gasteiger partial charge in [0, 0.05) is 6.61 Å². The van der Waals surface area contributed by atoms with Crippen LogP contribution in [-0.2, 0) is 4.65 Å². The zero-order chi connectivity index (χ0) is 9.23. The molecular formula is C10H23BO. The van der Waals surface area contributed by atoms with Crippen molar-refractivity contribution >= 4 is 8.05 Å². The summed E-state index contributed by atoms with van der Waals surface area (Å²) in [5.74, 6) is 0.812. The van der Waals surface area contributed by atoms with Crippen LogP contribution < -0.4 is 0 Å². The van der Waals surface area contributed by atoms with Crippen LogP contribution in [0.5, 0.6) is 0 Å². The maximum atomic E-state index is 5.19. The smallest absolute Gasteiger partial charge is 0.257 e. The molecule has 0 N–H and O–H groups in total. The van der Waals surface area contributed by atoms with Crippen molar-refractivity contribution in [3.8, 4) is 0 Å². The molecule has 1 nitrogen and oxygen atoms in total. The Morgan fingerprint density at radius 3 is 2.33 bits per heavy atom. The summed E-state index contributed by atoms with van der Waals surface area (Å²) in [5, 5.41) is 0. The van der Waals surface area contributed by atoms with Gasteiger partial charge in [0.05, 0.1) is 0 Å². The number of unbranched alkanes of at least 4 members (excludes halogenated alkanes) is 2. The third kappa shape index (κ3) is 6.72. The van der Waals surface area contributed by atoms with E-state index in [-0.39, 0.29) is 0 Å². The quantitative estimate of drug-likeness (QED) is 0.401. The Bertz CT molecular complexity index is 79.9. The molecule has 0 aliphatic rings. The molecule has 1 unspecified atom stereocenters. The molecule has 1 atom stereocenters. The number of rotatable bonds is 8. The summed E-state index contributed by atoms with van der Waals surface area (Å²) in [4.78, 5) is 0. The minimum atomic E-state index is 0.812. The van der Waals surface area contributed by atoms with Gasteiger partial charge in [0.15, 0.2) is 0 Å². The summed E-state index contributed by atoms with van der Waals surface area (Å²) in [6, 6.07) is 0. The summed E-state index contributed by atoms with van der Waals surface area (Å²) >= 11 is 0. The molecule has 12 heavy (non-hydrogen) atoms. The molecule has 0 aliphatic heterocycles. The molecule has 0 rings (SSSR count). The molecule has 0 aromatic carbocycles. The van der Waals surface area contributed by atoms with E-state index in [0.717, 1.165) is 12.5 Å². The van der Waals surface area contributed by atoms with Crippen molar-refractivity contribution in [1.29, 1.82) is 0 Å². The van der Waals surface area contributed by atoms with Crippen molar-refractivity contribution in [2.24, 2.45) is 5.92 Å². The lowest BCUT2D eigenvalue weighted by molar-refractivity contribution is 0.244. The fraction of sp³-hybridized carbons (Fsp3) is 1.00. The number of hydrogen-bond donors (Lipinski definition) is 0. The maximum Gasteiger partial charge on any atom is 0.257 e. The minimum Gasteiger partial charge on any atom is -0.444 e. The lowest BCUT2D eigenvalue weighted by atomic mass is 9.97. The molecule has 0 heterocycles. The molecule has 0 saturated heterocycles. The van der Waals surface area contributed by atoms with Gasteiger partial charge in [-0.15, -0.1) is 0 Å². The molecule has 0 aromatic heterocycles. The van der Waals surface area contributed by atoms with Gasteiger partial charge in [-0.1, -0.05) is 39.5 Å². The summed E-state index contributed by atoms with van der Waals surface area (Å²) in [6.45, 7) is 5.46. The Morgan fingerprint density at radius 1 is 1.08 bits per heavy atom. The zero-order valence-corrected chi connectivity index (χ0v) is 8.94. The van der Waals surface area contributed by atoms with Crippen LogP contribution in [0.3, 0.4) is 0 Å². The van der Waals surface area contributed by atoms with Crippen LogP contribution in [0.1, 0.15) is 52.4 Å². The van der Waals surface area contributed by atoms with E-state index in [1.54, 1.807) is 0 Å². The highest BCUT2D eigenvalue weighted by Gasteiger charge is 2.05. The van der Waals surface area contributed by atoms with Crippen LogP contribution in [-0.4, -0.2) is 14.7 Å². The van der Waals surface area contributed by atoms with E-state index in [4.69, 9.17) is 4.65 Å². The Balaban J connectivity index is 3.34. The first kappa shape index (κ1) is 12.0. The third-order valence-electron chi connectivity index (χ3n) is 2.32. The number of hydrogen-bond acceptors (Lipinski definition) is 1. The van der Waals surface area contributed by atoms with Gasteiger partial charge >= 0.3 is 0 Å². The standard InChI is InChI=1S/C10H23BO/c1-3-5-6-8-10(7-4-2)9-12-11/h10H,3-9,11H2,1-2H3. The summed E-state index contributed by atoms with van der Waals surface area (Å²) < 4.78 is 5.19. The maximum absolute atomic E-state index is 5.19. The van der Waals surface area contributed by atoms with Crippen molar-refractivity contribution in [3.63, 3.8) is 0 Å². The topological polar surface area (TPSA) is 9.23 Å². The van der Waals surface area contributed by atoms with E-state index in [2.05, 4.69) is 13.8 Å². The molecule has 0 saturated carbocycles. The van der Waals surface area contributed by atoms with E-state index in [1.165, 1.54) is 38.5 Å². The summed E-state index contributed by atoms with van der Waals surface area (Å²) in [7, 11) is 1.81. The Hall–Kier alpha value is 0.0249. The lowest BCUT2D eigenvalue weighted by Crippen LogP contribution is -2.08. The van der Waals surface area contributed by atoms with Gasteiger partial charge in [-0.3, -0.25) is 0 Å². The van der Waals surface area contributed by atoms with E-state index in [1.807, 2.05) is 8.05 Å². The van der Waals surface area contributed by atoms with Gasteiger partial charge in [-0.25, -0.2) is 0 Å². The molecule has 0 aromatic rings. The molecule has 0 aliphatic carbocycles. The van der Waals surface area contributed by atoms with Crippen LogP contribution in [0.15, 0.2) is 0 Å². The molecule has 2 heteroatoms. The van der Waals surface area contributed by atoms with Crippen LogP contribution in [0.2, 0.25) is 0 Å². The van der Waals surface area contributed by atoms with Crippen molar-refractivity contribution in [2.75, 3.05) is 6.61 Å². The molecule has 0 bridgehead atoms. The lowest BCUT2D eigenvalue weighted by Gasteiger charge is -2.14. The van der Waals surface area contributed by atoms with E-state index >= 15 is 0 Å². The van der Waals surface area contributed by atoms with Gasteiger partial charge in [0.2, 0.25) is 0 Å². The predicted octanol–water partition coefficient (Wildman–Crippen LogP) is 2.55. The molecule has 0 spiro atoms. The first-order chi connectivity index (χ1) is 5.85. The monoisotopic (exact) mass is 170 g/mol. The van der Waals surface area contributed by atoms with Gasteiger partial charge in [-0.2, -0.15) is 0 Å². The van der Waals surface area contributed by atoms with Crippen molar-refractivity contribution in [1.82, 2.24) is 0 Å². The second-order valence-corrected chi connectivity index (χ2v) is 3.61. The highest BCUT2D eigenvalue weighted by atomic mass is 16.4. The zero-order valence-electron chi connectivity index (χ0n) is 8.94. The van der Waals surface area contributed by atoms with Crippen LogP contribution in [0.25, 0.3) is 0 Å². The highest BCUT2D eigenvalue weighted by Crippen LogP contribution is 2.15. The third-order valence-corrected chi connectivity index (χ3v) is 2.32. The normalized spacial score (nSPS) is 13.2. The van der Waals surface area contributed by atoms with Crippen LogP contribution >= 0.6 is 0 Å². The second-order valence-electron chi connectivity index (χ2n) is 3.61. The van der Waals surface area contributed by atoms with E-state index < -0.39 is 0 Å². The summed E-state index contributed by atoms with van der Waals surface area (Å²) in [6.07, 6.45) is 8.06. The van der Waals surface area contributed by atoms with Crippen molar-refractivity contribution < 1.29 is 4.65 Å². The Morgan fingerprint density at radius 2 is 1.83 bits per heavy atom. The first-order valence-corrected chi connectivity index (χ1v) is 5.34. The van der Waals surface area contributed by atoms with Crippen LogP contribution in [0.4, 0.5) is 0 Å². The SMILES string of the molecule is BOCC(CCC)CCCCC. The van der Waals surface area contributed by atoms with Gasteiger partial charge in [-0.05, 0) is 18.8 Å². The predicted molar refractivity (Wildman–Crippen MR) is 57.0 cm³/mol. The van der Waals surface area contributed by atoms with Crippen LogP contribution in [0, 0.1) is 5.92 Å². The Labute approximate surface area is 78.3 Å². The van der Waals surface area contributed by atoms with Gasteiger partial charge < -0.3 is 4.65 Å². The Kier molecular flexibility index (Phi) is 9.13. The largest absolute Gasteiger partial charge is 0.444 e. The van der Waals surface area contributed by atoms with Gasteiger partial charge in [0.1, 0.15) is 0 Å². The van der Waals surface area contributed by atoms with Crippen molar-refractivity contribution in [2.45, 2.75) is 52.4 Å². The molecule has 0 fully saturated rings.